The van der Waals surface area contributed by atoms with E-state index in [4.69, 9.17) is 4.42 Å². The average Bonchev–Trinajstić information content (AvgIpc) is 3.15. The van der Waals surface area contributed by atoms with Crippen LogP contribution in [0.15, 0.2) is 58.2 Å². The van der Waals surface area contributed by atoms with Crippen LogP contribution < -0.4 is 4.72 Å². The maximum atomic E-state index is 12.5. The minimum atomic E-state index is -3.87. The average molecular weight is 363 g/mol. The van der Waals surface area contributed by atoms with Crippen molar-refractivity contribution in [1.82, 2.24) is 0 Å². The Kier molecular flexibility index (Phi) is 4.16. The molecule has 6 nitrogen and oxygen atoms in total. The van der Waals surface area contributed by atoms with Crippen LogP contribution in [0.25, 0.3) is 10.4 Å². The van der Waals surface area contributed by atoms with Gasteiger partial charge in [0.2, 0.25) is 0 Å². The van der Waals surface area contributed by atoms with Crippen LogP contribution in [0.3, 0.4) is 0 Å². The van der Waals surface area contributed by atoms with E-state index < -0.39 is 16.0 Å². The summed E-state index contributed by atoms with van der Waals surface area (Å²) in [6, 6.07) is 9.49. The number of anilines is 1. The molecule has 8 heteroatoms. The number of nitrogens with one attached hydrogen (secondary N) is 1. The van der Waals surface area contributed by atoms with Crippen molar-refractivity contribution >= 4 is 32.3 Å². The van der Waals surface area contributed by atoms with E-state index >= 15 is 0 Å². The van der Waals surface area contributed by atoms with E-state index in [-0.39, 0.29) is 15.5 Å². The molecule has 0 aliphatic rings. The normalized spacial score (nSPS) is 11.4. The number of benzene rings is 1. The molecule has 0 unspecified atom stereocenters. The van der Waals surface area contributed by atoms with E-state index in [2.05, 4.69) is 4.72 Å². The van der Waals surface area contributed by atoms with Crippen molar-refractivity contribution < 1.29 is 22.7 Å². The highest BCUT2D eigenvalue weighted by Gasteiger charge is 2.25. The van der Waals surface area contributed by atoms with Crippen LogP contribution in [-0.2, 0) is 10.0 Å². The van der Waals surface area contributed by atoms with Crippen molar-refractivity contribution in [3.05, 3.63) is 60.1 Å². The molecule has 3 rings (SSSR count). The number of furan rings is 1. The fourth-order valence-electron chi connectivity index (χ4n) is 2.29. The van der Waals surface area contributed by atoms with Crippen molar-refractivity contribution in [2.24, 2.45) is 0 Å². The fraction of sp³-hybridized carbons (Fsp3) is 0.0625. The summed E-state index contributed by atoms with van der Waals surface area (Å²) in [6.07, 6.45) is 2.96. The molecule has 0 bridgehead atoms. The summed E-state index contributed by atoms with van der Waals surface area (Å²) in [4.78, 5) is 12.3. The topological polar surface area (TPSA) is 96.6 Å². The van der Waals surface area contributed by atoms with Crippen LogP contribution in [-0.4, -0.2) is 19.5 Å². The Morgan fingerprint density at radius 2 is 1.92 bits per heavy atom. The summed E-state index contributed by atoms with van der Waals surface area (Å²) in [5.41, 5.74) is 1.13. The zero-order valence-corrected chi connectivity index (χ0v) is 14.1. The Balaban J connectivity index is 2.08. The molecule has 0 aliphatic heterocycles. The molecule has 2 aromatic heterocycles. The Labute approximate surface area is 142 Å². The first kappa shape index (κ1) is 16.3. The van der Waals surface area contributed by atoms with Crippen LogP contribution in [0.5, 0.6) is 0 Å². The minimum absolute atomic E-state index is 0.0595. The highest BCUT2D eigenvalue weighted by molar-refractivity contribution is 7.93. The van der Waals surface area contributed by atoms with Crippen LogP contribution in [0.4, 0.5) is 5.00 Å². The third kappa shape index (κ3) is 2.93. The predicted molar refractivity (Wildman–Crippen MR) is 91.0 cm³/mol. The Morgan fingerprint density at radius 1 is 1.21 bits per heavy atom. The Morgan fingerprint density at radius 3 is 2.50 bits per heavy atom. The summed E-state index contributed by atoms with van der Waals surface area (Å²) in [6.45, 7) is 1.64. The lowest BCUT2D eigenvalue weighted by atomic mass is 10.1. The van der Waals surface area contributed by atoms with Crippen molar-refractivity contribution in [2.75, 3.05) is 4.72 Å². The molecule has 0 amide bonds. The van der Waals surface area contributed by atoms with Crippen molar-refractivity contribution in [2.45, 2.75) is 11.8 Å². The zero-order chi connectivity index (χ0) is 17.3. The van der Waals surface area contributed by atoms with Gasteiger partial charge in [-0.25, -0.2) is 13.2 Å². The molecule has 0 aliphatic carbocycles. The van der Waals surface area contributed by atoms with E-state index in [1.165, 1.54) is 24.7 Å². The van der Waals surface area contributed by atoms with Crippen LogP contribution in [0.2, 0.25) is 0 Å². The summed E-state index contributed by atoms with van der Waals surface area (Å²) < 4.78 is 32.3. The van der Waals surface area contributed by atoms with E-state index in [1.807, 2.05) is 0 Å². The number of carboxylic acid groups (broad SMARTS) is 1. The summed E-state index contributed by atoms with van der Waals surface area (Å²) in [5, 5.41) is 9.54. The standard InChI is InChI=1S/C16H13NO5S2/c1-10-13(16(18)19)15(23-14(10)11-7-8-22-9-11)17-24(20,21)12-5-3-2-4-6-12/h2-9,17H,1H3,(H,18,19). The van der Waals surface area contributed by atoms with Crippen LogP contribution >= 0.6 is 11.3 Å². The SMILES string of the molecule is Cc1c(-c2ccoc2)sc(NS(=O)(=O)c2ccccc2)c1C(=O)O. The third-order valence-electron chi connectivity index (χ3n) is 3.42. The molecule has 2 heterocycles. The summed E-state index contributed by atoms with van der Waals surface area (Å²) in [5.74, 6) is -1.19. The fourth-order valence-corrected chi connectivity index (χ4v) is 4.80. The molecule has 2 N–H and O–H groups in total. The molecule has 0 spiro atoms. The minimum Gasteiger partial charge on any atom is -0.478 e. The van der Waals surface area contributed by atoms with E-state index in [9.17, 15) is 18.3 Å². The van der Waals surface area contributed by atoms with Gasteiger partial charge in [-0.3, -0.25) is 4.72 Å². The number of aromatic carboxylic acids is 1. The van der Waals surface area contributed by atoms with Gasteiger partial charge in [0.25, 0.3) is 10.0 Å². The number of carboxylic acids is 1. The molecule has 24 heavy (non-hydrogen) atoms. The molecule has 1 aromatic carbocycles. The lowest BCUT2D eigenvalue weighted by Gasteiger charge is -2.07. The quantitative estimate of drug-likeness (QED) is 0.718. The number of hydrogen-bond acceptors (Lipinski definition) is 5. The number of carbonyl (C=O) groups is 1. The molecule has 0 saturated carbocycles. The van der Waals surface area contributed by atoms with Crippen molar-refractivity contribution in [3.63, 3.8) is 0 Å². The third-order valence-corrected chi connectivity index (χ3v) is 6.18. The first-order chi connectivity index (χ1) is 11.4. The monoisotopic (exact) mass is 363 g/mol. The number of sulfonamides is 1. The predicted octanol–water partition coefficient (Wildman–Crippen LogP) is 3.82. The second kappa shape index (κ2) is 6.14. The number of thiophene rings is 1. The first-order valence-corrected chi connectivity index (χ1v) is 9.17. The van der Waals surface area contributed by atoms with Gasteiger partial charge < -0.3 is 9.52 Å². The second-order valence-electron chi connectivity index (χ2n) is 5.00. The lowest BCUT2D eigenvalue weighted by molar-refractivity contribution is 0.0698. The largest absolute Gasteiger partial charge is 0.478 e. The maximum absolute atomic E-state index is 12.5. The van der Waals surface area contributed by atoms with Gasteiger partial charge in [-0.05, 0) is 30.7 Å². The van der Waals surface area contributed by atoms with Gasteiger partial charge in [-0.15, -0.1) is 11.3 Å². The van der Waals surface area contributed by atoms with Crippen LogP contribution in [0, 0.1) is 6.92 Å². The van der Waals surface area contributed by atoms with Gasteiger partial charge in [0, 0.05) is 10.4 Å². The summed E-state index contributed by atoms with van der Waals surface area (Å²) >= 11 is 1.06. The molecular formula is C16H13NO5S2. The van der Waals surface area contributed by atoms with Crippen molar-refractivity contribution in [3.8, 4) is 10.4 Å². The Hall–Kier alpha value is -2.58. The molecule has 0 atom stereocenters. The van der Waals surface area contributed by atoms with Crippen molar-refractivity contribution in [1.29, 1.82) is 0 Å². The van der Waals surface area contributed by atoms with Gasteiger partial charge in [-0.1, -0.05) is 18.2 Å². The lowest BCUT2D eigenvalue weighted by Crippen LogP contribution is -2.14. The zero-order valence-electron chi connectivity index (χ0n) is 12.5. The van der Waals surface area contributed by atoms with E-state index in [0.29, 0.717) is 16.0 Å². The second-order valence-corrected chi connectivity index (χ2v) is 7.70. The molecule has 124 valence electrons. The molecule has 0 saturated heterocycles. The first-order valence-electron chi connectivity index (χ1n) is 6.87. The smallest absolute Gasteiger partial charge is 0.339 e. The molecular weight excluding hydrogens is 350 g/mol. The van der Waals surface area contributed by atoms with E-state index in [0.717, 1.165) is 11.3 Å². The number of rotatable bonds is 5. The summed E-state index contributed by atoms with van der Waals surface area (Å²) in [7, 11) is -3.87. The highest BCUT2D eigenvalue weighted by Crippen LogP contribution is 2.40. The molecule has 0 fully saturated rings. The van der Waals surface area contributed by atoms with Gasteiger partial charge in [-0.2, -0.15) is 0 Å². The van der Waals surface area contributed by atoms with Gasteiger partial charge in [0.05, 0.1) is 23.0 Å². The van der Waals surface area contributed by atoms with E-state index in [1.54, 1.807) is 31.2 Å². The maximum Gasteiger partial charge on any atom is 0.339 e. The van der Waals surface area contributed by atoms with Crippen LogP contribution in [0.1, 0.15) is 15.9 Å². The molecule has 3 aromatic rings. The van der Waals surface area contributed by atoms with Gasteiger partial charge in [0.1, 0.15) is 5.00 Å². The van der Waals surface area contributed by atoms with Gasteiger partial charge >= 0.3 is 5.97 Å². The highest BCUT2D eigenvalue weighted by atomic mass is 32.2. The molecule has 0 radical (unpaired) electrons. The van der Waals surface area contributed by atoms with Gasteiger partial charge in [0.15, 0.2) is 0 Å². The Bertz CT molecular complexity index is 973. The number of hydrogen-bond donors (Lipinski definition) is 2.